The molecule has 0 aliphatic heterocycles. The van der Waals surface area contributed by atoms with Crippen LogP contribution in [-0.4, -0.2) is 24.3 Å². The van der Waals surface area contributed by atoms with E-state index in [4.69, 9.17) is 9.47 Å². The van der Waals surface area contributed by atoms with Gasteiger partial charge in [0, 0.05) is 24.0 Å². The average molecular weight is 719 g/mol. The lowest BCUT2D eigenvalue weighted by atomic mass is 9.78. The van der Waals surface area contributed by atoms with E-state index in [1.165, 1.54) is 17.7 Å². The maximum atomic E-state index is 15.3. The summed E-state index contributed by atoms with van der Waals surface area (Å²) in [6.45, 7) is 15.1. The third-order valence-corrected chi connectivity index (χ3v) is 9.46. The third kappa shape index (κ3) is 10.1. The van der Waals surface area contributed by atoms with E-state index in [9.17, 15) is 9.90 Å². The summed E-state index contributed by atoms with van der Waals surface area (Å²) in [4.78, 5) is 12.5. The summed E-state index contributed by atoms with van der Waals surface area (Å²) >= 11 is 0. The number of rotatable bonds is 13. The predicted molar refractivity (Wildman–Crippen MR) is 212 cm³/mol. The van der Waals surface area contributed by atoms with Crippen LogP contribution in [0.4, 0.5) is 8.78 Å². The van der Waals surface area contributed by atoms with E-state index < -0.39 is 11.6 Å². The molecule has 0 heterocycles. The molecule has 0 unspecified atom stereocenters. The molecule has 5 aromatic carbocycles. The lowest BCUT2D eigenvalue weighted by Crippen LogP contribution is -2.18. The first-order chi connectivity index (χ1) is 25.1. The maximum Gasteiger partial charge on any atom is 0.306 e. The van der Waals surface area contributed by atoms with Crippen LogP contribution >= 0.6 is 0 Å². The maximum absolute atomic E-state index is 15.3. The molecule has 0 saturated heterocycles. The number of carbonyl (C=O) groups excluding carboxylic acids is 1. The summed E-state index contributed by atoms with van der Waals surface area (Å²) in [5.74, 6) is -0.175. The molecule has 0 amide bonds. The molecule has 0 aromatic heterocycles. The highest BCUT2D eigenvalue weighted by Gasteiger charge is 2.26. The van der Waals surface area contributed by atoms with Gasteiger partial charge in [0.05, 0.1) is 13.2 Å². The number of phenols is 1. The molecule has 0 bridgehead atoms. The van der Waals surface area contributed by atoms with Crippen molar-refractivity contribution in [2.24, 2.45) is 0 Å². The first-order valence-corrected chi connectivity index (χ1v) is 18.6. The van der Waals surface area contributed by atoms with Crippen molar-refractivity contribution in [1.82, 2.24) is 0 Å². The monoisotopic (exact) mass is 718 g/mol. The third-order valence-electron chi connectivity index (χ3n) is 9.46. The minimum absolute atomic E-state index is 0.235. The normalized spacial score (nSPS) is 11.8. The van der Waals surface area contributed by atoms with Crippen molar-refractivity contribution in [1.29, 1.82) is 0 Å². The van der Waals surface area contributed by atoms with Crippen LogP contribution in [0.5, 0.6) is 11.5 Å². The Balaban J connectivity index is 1.10. The van der Waals surface area contributed by atoms with Crippen LogP contribution in [0.3, 0.4) is 0 Å². The summed E-state index contributed by atoms with van der Waals surface area (Å²) in [5.41, 5.74) is 7.16. The molecular formula is C47H52F2O4. The van der Waals surface area contributed by atoms with Gasteiger partial charge in [-0.05, 0) is 92.4 Å². The van der Waals surface area contributed by atoms with Crippen LogP contribution in [0.1, 0.15) is 90.0 Å². The number of phenolic OH excluding ortho intramolecular Hbond substituents is 1. The van der Waals surface area contributed by atoms with Crippen LogP contribution in [0, 0.1) is 11.6 Å². The molecule has 53 heavy (non-hydrogen) atoms. The molecule has 0 atom stereocenters. The van der Waals surface area contributed by atoms with Crippen molar-refractivity contribution in [3.05, 3.63) is 131 Å². The largest absolute Gasteiger partial charge is 0.507 e. The second kappa shape index (κ2) is 16.8. The van der Waals surface area contributed by atoms with E-state index in [2.05, 4.69) is 60.6 Å². The van der Waals surface area contributed by atoms with E-state index in [1.807, 2.05) is 30.3 Å². The molecule has 0 aliphatic rings. The molecule has 0 spiro atoms. The van der Waals surface area contributed by atoms with Crippen molar-refractivity contribution >= 4 is 5.97 Å². The van der Waals surface area contributed by atoms with Crippen molar-refractivity contribution in [2.45, 2.75) is 91.4 Å². The molecule has 6 heteroatoms. The van der Waals surface area contributed by atoms with Gasteiger partial charge >= 0.3 is 5.97 Å². The van der Waals surface area contributed by atoms with E-state index in [-0.39, 0.29) is 29.8 Å². The zero-order chi connectivity index (χ0) is 38.3. The Morgan fingerprint density at radius 3 is 1.72 bits per heavy atom. The quantitative estimate of drug-likeness (QED) is 0.0973. The van der Waals surface area contributed by atoms with Crippen molar-refractivity contribution in [3.63, 3.8) is 0 Å². The standard InChI is InChI=1S/C47H52F2O4/c1-8-10-31-11-14-33(15-12-31)35-18-22-39(42(48)29-35)36-19-23-38(43(49)30-36)34-16-20-37(21-17-34)52-25-9-26-53-44(50)24-13-32-27-40(46(2,3)4)45(51)41(28-32)47(5,6)7/h11-12,14-23,27-30,51H,8-10,13,24-26H2,1-7H3. The number of hydrogen-bond acceptors (Lipinski definition) is 4. The van der Waals surface area contributed by atoms with Crippen LogP contribution in [-0.2, 0) is 33.2 Å². The molecular weight excluding hydrogens is 667 g/mol. The SMILES string of the molecule is CCCc1ccc(-c2ccc(-c3ccc(-c4ccc(OCCCOC(=O)CCc5cc(C(C)(C)C)c(O)c(C(C)(C)C)c5)cc4)c(F)c3)c(F)c2)cc1. The van der Waals surface area contributed by atoms with Crippen LogP contribution in [0.15, 0.2) is 97.1 Å². The van der Waals surface area contributed by atoms with Gasteiger partial charge in [-0.3, -0.25) is 4.79 Å². The number of aromatic hydroxyl groups is 1. The highest BCUT2D eigenvalue weighted by atomic mass is 19.1. The van der Waals surface area contributed by atoms with E-state index in [0.717, 1.165) is 40.7 Å². The van der Waals surface area contributed by atoms with E-state index in [1.54, 1.807) is 42.5 Å². The van der Waals surface area contributed by atoms with E-state index >= 15 is 8.78 Å². The Morgan fingerprint density at radius 1 is 0.623 bits per heavy atom. The van der Waals surface area contributed by atoms with Crippen molar-refractivity contribution in [2.75, 3.05) is 13.2 Å². The van der Waals surface area contributed by atoms with Crippen LogP contribution in [0.2, 0.25) is 0 Å². The molecule has 5 aromatic rings. The average Bonchev–Trinajstić information content (AvgIpc) is 3.11. The second-order valence-electron chi connectivity index (χ2n) is 15.8. The summed E-state index contributed by atoms with van der Waals surface area (Å²) < 4.78 is 41.9. The van der Waals surface area contributed by atoms with Gasteiger partial charge in [0.2, 0.25) is 0 Å². The Kier molecular flexibility index (Phi) is 12.4. The van der Waals surface area contributed by atoms with Gasteiger partial charge in [-0.25, -0.2) is 8.78 Å². The van der Waals surface area contributed by atoms with Crippen molar-refractivity contribution < 1.29 is 28.2 Å². The second-order valence-corrected chi connectivity index (χ2v) is 15.8. The minimum Gasteiger partial charge on any atom is -0.507 e. The number of halogens is 2. The summed E-state index contributed by atoms with van der Waals surface area (Å²) in [6, 6.07) is 29.1. The lowest BCUT2D eigenvalue weighted by molar-refractivity contribution is -0.143. The van der Waals surface area contributed by atoms with Gasteiger partial charge in [-0.15, -0.1) is 0 Å². The minimum atomic E-state index is -0.442. The van der Waals surface area contributed by atoms with E-state index in [0.29, 0.717) is 53.2 Å². The summed E-state index contributed by atoms with van der Waals surface area (Å²) in [7, 11) is 0. The molecule has 0 saturated carbocycles. The number of aryl methyl sites for hydroxylation is 2. The van der Waals surface area contributed by atoms with Crippen molar-refractivity contribution in [3.8, 4) is 44.9 Å². The van der Waals surface area contributed by atoms with Gasteiger partial charge in [-0.2, -0.15) is 0 Å². The van der Waals surface area contributed by atoms with Crippen LogP contribution in [0.25, 0.3) is 33.4 Å². The molecule has 0 aliphatic carbocycles. The number of benzene rings is 5. The zero-order valence-corrected chi connectivity index (χ0v) is 32.1. The Labute approximate surface area is 313 Å². The fraction of sp³-hybridized carbons (Fsp3) is 0.340. The van der Waals surface area contributed by atoms with Gasteiger partial charge < -0.3 is 14.6 Å². The number of hydrogen-bond donors (Lipinski definition) is 1. The highest BCUT2D eigenvalue weighted by molar-refractivity contribution is 5.74. The highest BCUT2D eigenvalue weighted by Crippen LogP contribution is 2.40. The molecule has 4 nitrogen and oxygen atoms in total. The molecule has 1 N–H and O–H groups in total. The number of carbonyl (C=O) groups is 1. The summed E-state index contributed by atoms with van der Waals surface area (Å²) in [6.07, 6.45) is 3.37. The lowest BCUT2D eigenvalue weighted by Gasteiger charge is -2.28. The topological polar surface area (TPSA) is 55.8 Å². The molecule has 278 valence electrons. The fourth-order valence-electron chi connectivity index (χ4n) is 6.46. The molecule has 0 radical (unpaired) electrons. The van der Waals surface area contributed by atoms with Gasteiger partial charge in [-0.1, -0.05) is 128 Å². The number of ether oxygens (including phenoxy) is 2. The Bertz CT molecular complexity index is 1980. The Morgan fingerprint density at radius 2 is 1.15 bits per heavy atom. The first-order valence-electron chi connectivity index (χ1n) is 18.6. The van der Waals surface area contributed by atoms with Gasteiger partial charge in [0.15, 0.2) is 0 Å². The van der Waals surface area contributed by atoms with Gasteiger partial charge in [0.25, 0.3) is 0 Å². The zero-order valence-electron chi connectivity index (χ0n) is 32.1. The number of esters is 1. The molecule has 0 fully saturated rings. The summed E-state index contributed by atoms with van der Waals surface area (Å²) in [5, 5.41) is 11.0. The first kappa shape index (κ1) is 39.2. The predicted octanol–water partition coefficient (Wildman–Crippen LogP) is 12.2. The Hall–Kier alpha value is -4.97. The van der Waals surface area contributed by atoms with Crippen LogP contribution < -0.4 is 4.74 Å². The van der Waals surface area contributed by atoms with Gasteiger partial charge in [0.1, 0.15) is 23.1 Å². The fourth-order valence-corrected chi connectivity index (χ4v) is 6.46. The molecule has 5 rings (SSSR count). The smallest absolute Gasteiger partial charge is 0.306 e.